The number of benzene rings is 1. The summed E-state index contributed by atoms with van der Waals surface area (Å²) in [5.74, 6) is -0.946. The van der Waals surface area contributed by atoms with Crippen LogP contribution < -0.4 is 10.2 Å². The van der Waals surface area contributed by atoms with Crippen molar-refractivity contribution in [3.63, 3.8) is 0 Å². The molecule has 0 bridgehead atoms. The van der Waals surface area contributed by atoms with E-state index in [0.29, 0.717) is 44.7 Å². The molecule has 1 aromatic heterocycles. The number of carbonyl (C=O) groups is 3. The van der Waals surface area contributed by atoms with Gasteiger partial charge in [0.2, 0.25) is 11.8 Å². The van der Waals surface area contributed by atoms with E-state index in [9.17, 15) is 14.4 Å². The second-order valence-corrected chi connectivity index (χ2v) is 9.14. The van der Waals surface area contributed by atoms with Crippen LogP contribution in [0.4, 0.5) is 10.5 Å². The van der Waals surface area contributed by atoms with Crippen LogP contribution in [0, 0.1) is 0 Å². The molecule has 1 aromatic carbocycles. The van der Waals surface area contributed by atoms with E-state index in [4.69, 9.17) is 4.74 Å². The monoisotopic (exact) mass is 427 g/mol. The predicted molar refractivity (Wildman–Crippen MR) is 116 cm³/mol. The van der Waals surface area contributed by atoms with E-state index < -0.39 is 11.5 Å². The molecule has 2 aromatic rings. The maximum absolute atomic E-state index is 12.4. The Hall–Kier alpha value is -3.10. The smallest absolute Gasteiger partial charge is 0.410 e. The van der Waals surface area contributed by atoms with Crippen LogP contribution >= 0.6 is 0 Å². The number of rotatable bonds is 2. The number of para-hydroxylation sites is 1. The van der Waals surface area contributed by atoms with Crippen molar-refractivity contribution in [2.24, 2.45) is 7.05 Å². The number of nitrogens with zero attached hydrogens (tertiary/aromatic N) is 4. The summed E-state index contributed by atoms with van der Waals surface area (Å²) < 4.78 is 7.30. The van der Waals surface area contributed by atoms with Crippen LogP contribution in [-0.4, -0.2) is 64.4 Å². The van der Waals surface area contributed by atoms with Crippen LogP contribution in [0.2, 0.25) is 0 Å². The predicted octanol–water partition coefficient (Wildman–Crippen LogP) is 2.15. The minimum absolute atomic E-state index is 0.231. The Labute approximate surface area is 181 Å². The number of piperidine rings is 1. The molecule has 166 valence electrons. The van der Waals surface area contributed by atoms with E-state index in [2.05, 4.69) is 15.3 Å². The van der Waals surface area contributed by atoms with Gasteiger partial charge in [-0.2, -0.15) is 5.10 Å². The number of ether oxygens (including phenoxy) is 1. The van der Waals surface area contributed by atoms with E-state index in [1.807, 2.05) is 50.7 Å². The van der Waals surface area contributed by atoms with Gasteiger partial charge < -0.3 is 14.5 Å². The molecule has 0 spiro atoms. The molecular weight excluding hydrogens is 398 g/mol. The topological polar surface area (TPSA) is 96.8 Å². The first-order valence-corrected chi connectivity index (χ1v) is 10.7. The first-order chi connectivity index (χ1) is 14.6. The summed E-state index contributed by atoms with van der Waals surface area (Å²) in [6.07, 6.45) is 0.502. The molecule has 2 saturated heterocycles. The maximum Gasteiger partial charge on any atom is 0.410 e. The fraction of sp³-hybridized carbons (Fsp3) is 0.545. The number of anilines is 1. The van der Waals surface area contributed by atoms with E-state index in [1.165, 1.54) is 0 Å². The van der Waals surface area contributed by atoms with E-state index in [-0.39, 0.29) is 17.9 Å². The normalized spacial score (nSPS) is 20.2. The van der Waals surface area contributed by atoms with Crippen LogP contribution in [0.3, 0.4) is 0 Å². The summed E-state index contributed by atoms with van der Waals surface area (Å²) in [6.45, 7) is 8.10. The maximum atomic E-state index is 12.4. The largest absolute Gasteiger partial charge is 0.444 e. The minimum Gasteiger partial charge on any atom is -0.444 e. The Kier molecular flexibility index (Phi) is 5.36. The highest BCUT2D eigenvalue weighted by Gasteiger charge is 2.33. The number of amides is 3. The number of fused-ring (bicyclic) bond motifs is 1. The number of aromatic nitrogens is 2. The quantitative estimate of drug-likeness (QED) is 0.738. The second-order valence-electron chi connectivity index (χ2n) is 9.14. The van der Waals surface area contributed by atoms with E-state index >= 15 is 0 Å². The SMILES string of the molecule is Cn1nc(C2CCC(=O)NC2=O)c2cccc(N3CCN(C(=O)OC(C)(C)C)CC3)c21. The zero-order chi connectivity index (χ0) is 22.3. The third-order valence-corrected chi connectivity index (χ3v) is 5.71. The van der Waals surface area contributed by atoms with Gasteiger partial charge in [0, 0.05) is 45.0 Å². The van der Waals surface area contributed by atoms with E-state index in [0.717, 1.165) is 16.6 Å². The van der Waals surface area contributed by atoms with Crippen LogP contribution in [0.25, 0.3) is 10.9 Å². The Morgan fingerprint density at radius 3 is 2.52 bits per heavy atom. The number of hydrogen-bond donors (Lipinski definition) is 1. The zero-order valence-electron chi connectivity index (χ0n) is 18.5. The number of aryl methyl sites for hydroxylation is 1. The number of hydrogen-bond acceptors (Lipinski definition) is 6. The molecule has 9 heteroatoms. The van der Waals surface area contributed by atoms with Crippen LogP contribution in [0.5, 0.6) is 0 Å². The molecule has 3 amide bonds. The van der Waals surface area contributed by atoms with Gasteiger partial charge in [0.05, 0.1) is 22.8 Å². The van der Waals surface area contributed by atoms with Crippen molar-refractivity contribution < 1.29 is 19.1 Å². The molecule has 4 rings (SSSR count). The first-order valence-electron chi connectivity index (χ1n) is 10.7. The van der Waals surface area contributed by atoms with Crippen LogP contribution in [0.1, 0.15) is 45.2 Å². The summed E-state index contributed by atoms with van der Waals surface area (Å²) in [5.41, 5.74) is 2.17. The molecule has 9 nitrogen and oxygen atoms in total. The van der Waals surface area contributed by atoms with E-state index in [1.54, 1.807) is 4.90 Å². The van der Waals surface area contributed by atoms with Crippen molar-refractivity contribution >= 4 is 34.5 Å². The Bertz CT molecular complexity index is 1030. The average molecular weight is 428 g/mol. The van der Waals surface area contributed by atoms with Crippen molar-refractivity contribution in [3.05, 3.63) is 23.9 Å². The van der Waals surface area contributed by atoms with Crippen molar-refractivity contribution in [2.75, 3.05) is 31.1 Å². The molecule has 1 atom stereocenters. The van der Waals surface area contributed by atoms with Gasteiger partial charge in [0.15, 0.2) is 0 Å². The molecule has 2 fully saturated rings. The molecule has 0 aliphatic carbocycles. The highest BCUT2D eigenvalue weighted by molar-refractivity contribution is 6.03. The van der Waals surface area contributed by atoms with Crippen LogP contribution in [-0.2, 0) is 21.4 Å². The van der Waals surface area contributed by atoms with Crippen molar-refractivity contribution in [1.82, 2.24) is 20.0 Å². The Morgan fingerprint density at radius 2 is 1.87 bits per heavy atom. The first kappa shape index (κ1) is 21.1. The molecule has 2 aliphatic rings. The van der Waals surface area contributed by atoms with Crippen LogP contribution in [0.15, 0.2) is 18.2 Å². The number of carbonyl (C=O) groups excluding carboxylic acids is 3. The van der Waals surface area contributed by atoms with Gasteiger partial charge >= 0.3 is 6.09 Å². The van der Waals surface area contributed by atoms with Crippen molar-refractivity contribution in [2.45, 2.75) is 45.1 Å². The molecule has 3 heterocycles. The van der Waals surface area contributed by atoms with Crippen molar-refractivity contribution in [1.29, 1.82) is 0 Å². The average Bonchev–Trinajstić information content (AvgIpc) is 3.03. The molecule has 1 N–H and O–H groups in total. The number of nitrogens with one attached hydrogen (secondary N) is 1. The van der Waals surface area contributed by atoms with Gasteiger partial charge in [-0.05, 0) is 33.3 Å². The molecule has 1 unspecified atom stereocenters. The molecule has 31 heavy (non-hydrogen) atoms. The minimum atomic E-state index is -0.513. The summed E-state index contributed by atoms with van der Waals surface area (Å²) in [4.78, 5) is 40.3. The summed E-state index contributed by atoms with van der Waals surface area (Å²) >= 11 is 0. The molecule has 0 saturated carbocycles. The molecule has 2 aliphatic heterocycles. The lowest BCUT2D eigenvalue weighted by Crippen LogP contribution is -2.50. The summed E-state index contributed by atoms with van der Waals surface area (Å²) in [7, 11) is 1.87. The zero-order valence-corrected chi connectivity index (χ0v) is 18.5. The number of imide groups is 1. The highest BCUT2D eigenvalue weighted by Crippen LogP contribution is 2.35. The third-order valence-electron chi connectivity index (χ3n) is 5.71. The summed E-state index contributed by atoms with van der Waals surface area (Å²) in [6, 6.07) is 5.98. The van der Waals surface area contributed by atoms with Gasteiger partial charge in [-0.15, -0.1) is 0 Å². The fourth-order valence-corrected chi connectivity index (χ4v) is 4.27. The molecular formula is C22H29N5O4. The number of piperazine rings is 1. The van der Waals surface area contributed by atoms with Gasteiger partial charge in [0.1, 0.15) is 5.60 Å². The highest BCUT2D eigenvalue weighted by atomic mass is 16.6. The Morgan fingerprint density at radius 1 is 1.16 bits per heavy atom. The lowest BCUT2D eigenvalue weighted by atomic mass is 9.92. The van der Waals surface area contributed by atoms with Gasteiger partial charge in [-0.25, -0.2) is 4.79 Å². The summed E-state index contributed by atoms with van der Waals surface area (Å²) in [5, 5.41) is 8.01. The fourth-order valence-electron chi connectivity index (χ4n) is 4.27. The molecule has 0 radical (unpaired) electrons. The van der Waals surface area contributed by atoms with Crippen molar-refractivity contribution in [3.8, 4) is 0 Å². The van der Waals surface area contributed by atoms with Gasteiger partial charge in [0.25, 0.3) is 0 Å². The lowest BCUT2D eigenvalue weighted by molar-refractivity contribution is -0.134. The second kappa shape index (κ2) is 7.86. The lowest BCUT2D eigenvalue weighted by Gasteiger charge is -2.37. The Balaban J connectivity index is 1.56. The van der Waals surface area contributed by atoms with Gasteiger partial charge in [-0.3, -0.25) is 19.6 Å². The standard InChI is InChI=1S/C22H29N5O4/c1-22(2,3)31-21(30)27-12-10-26(11-13-27)16-7-5-6-14-18(24-25(4)19(14)16)15-8-9-17(28)23-20(15)29/h5-7,15H,8-13H2,1-4H3,(H,23,28,29). The third kappa shape index (κ3) is 4.22. The van der Waals surface area contributed by atoms with Gasteiger partial charge in [-0.1, -0.05) is 12.1 Å².